The maximum Gasteiger partial charge on any atom is 0.328 e. The largest absolute Gasteiger partial charge is 0.467 e. The van der Waals surface area contributed by atoms with Crippen molar-refractivity contribution in [2.45, 2.75) is 142 Å². The van der Waals surface area contributed by atoms with Gasteiger partial charge in [0.05, 0.1) is 7.11 Å². The number of nitrogens with one attached hydrogen (secondary N) is 2. The number of unbranched alkanes of at least 4 members (excludes halogenated alkanes) is 12. The number of nitrogens with two attached hydrogens (primary N) is 2. The number of rotatable bonds is 24. The highest BCUT2D eigenvalue weighted by Crippen LogP contribution is 2.13. The van der Waals surface area contributed by atoms with Crippen LogP contribution in [0, 0.1) is 5.92 Å². The van der Waals surface area contributed by atoms with Gasteiger partial charge in [0.15, 0.2) is 5.96 Å². The van der Waals surface area contributed by atoms with Crippen LogP contribution < -0.4 is 22.1 Å². The van der Waals surface area contributed by atoms with Gasteiger partial charge in [-0.25, -0.2) is 4.79 Å². The second-order valence-electron chi connectivity index (χ2n) is 10.8. The van der Waals surface area contributed by atoms with Crippen molar-refractivity contribution in [3.8, 4) is 0 Å². The van der Waals surface area contributed by atoms with Crippen molar-refractivity contribution < 1.29 is 19.1 Å². The molecule has 9 nitrogen and oxygen atoms in total. The Bertz CT molecular complexity index is 665. The Morgan fingerprint density at radius 3 is 1.76 bits per heavy atom. The SMILES string of the molecule is CCCCCCCCCCCCCCCC(=O)N[C@@H](CC(C)C)C(=O)N[C@@H](CCCN=C(N)N)C(=O)OC. The zero-order valence-corrected chi connectivity index (χ0v) is 24.7. The molecule has 2 atom stereocenters. The molecule has 0 spiro atoms. The molecule has 0 saturated heterocycles. The molecule has 0 rings (SSSR count). The number of carbonyl (C=O) groups is 3. The molecule has 222 valence electrons. The fourth-order valence-corrected chi connectivity index (χ4v) is 4.44. The van der Waals surface area contributed by atoms with Crippen LogP contribution in [0.2, 0.25) is 0 Å². The lowest BCUT2D eigenvalue weighted by Gasteiger charge is -2.23. The third-order valence-corrected chi connectivity index (χ3v) is 6.61. The van der Waals surface area contributed by atoms with Gasteiger partial charge in [0.25, 0.3) is 0 Å². The zero-order chi connectivity index (χ0) is 28.6. The van der Waals surface area contributed by atoms with Crippen LogP contribution >= 0.6 is 0 Å². The molecule has 0 aromatic rings. The van der Waals surface area contributed by atoms with E-state index in [-0.39, 0.29) is 23.7 Å². The molecule has 0 radical (unpaired) electrons. The Hall–Kier alpha value is -2.32. The maximum atomic E-state index is 13.0. The zero-order valence-electron chi connectivity index (χ0n) is 24.7. The van der Waals surface area contributed by atoms with Gasteiger partial charge >= 0.3 is 5.97 Å². The van der Waals surface area contributed by atoms with Crippen LogP contribution in [0.4, 0.5) is 0 Å². The van der Waals surface area contributed by atoms with E-state index in [9.17, 15) is 14.4 Å². The number of guanidine groups is 1. The van der Waals surface area contributed by atoms with Crippen LogP contribution in [0.5, 0.6) is 0 Å². The normalized spacial score (nSPS) is 12.6. The fraction of sp³-hybridized carbons (Fsp3) is 0.862. The van der Waals surface area contributed by atoms with Crippen LogP contribution in [0.3, 0.4) is 0 Å². The first kappa shape index (κ1) is 35.7. The number of aliphatic imine (C=N–C) groups is 1. The van der Waals surface area contributed by atoms with Crippen molar-refractivity contribution in [1.29, 1.82) is 0 Å². The third-order valence-electron chi connectivity index (χ3n) is 6.61. The molecule has 0 aliphatic carbocycles. The highest BCUT2D eigenvalue weighted by atomic mass is 16.5. The summed E-state index contributed by atoms with van der Waals surface area (Å²) < 4.78 is 4.84. The van der Waals surface area contributed by atoms with Crippen LogP contribution in [0.25, 0.3) is 0 Å². The van der Waals surface area contributed by atoms with Crippen LogP contribution in [-0.4, -0.2) is 49.5 Å². The number of hydrogen-bond acceptors (Lipinski definition) is 5. The second-order valence-corrected chi connectivity index (χ2v) is 10.8. The fourth-order valence-electron chi connectivity index (χ4n) is 4.44. The lowest BCUT2D eigenvalue weighted by Crippen LogP contribution is -2.52. The van der Waals surface area contributed by atoms with Gasteiger partial charge in [0.1, 0.15) is 12.1 Å². The molecule has 0 saturated carbocycles. The molecule has 0 heterocycles. The molecule has 6 N–H and O–H groups in total. The monoisotopic (exact) mass is 539 g/mol. The number of hydrogen-bond donors (Lipinski definition) is 4. The first-order valence-electron chi connectivity index (χ1n) is 14.9. The van der Waals surface area contributed by atoms with E-state index in [1.54, 1.807) is 0 Å². The van der Waals surface area contributed by atoms with Gasteiger partial charge in [-0.2, -0.15) is 0 Å². The smallest absolute Gasteiger partial charge is 0.328 e. The molecular formula is C29H57N5O4. The van der Waals surface area contributed by atoms with Crippen molar-refractivity contribution in [2.24, 2.45) is 22.4 Å². The lowest BCUT2D eigenvalue weighted by molar-refractivity contribution is -0.145. The number of nitrogens with zero attached hydrogens (tertiary/aromatic N) is 1. The summed E-state index contributed by atoms with van der Waals surface area (Å²) in [5.74, 6) is -0.872. The van der Waals surface area contributed by atoms with Crippen LogP contribution in [-0.2, 0) is 19.1 Å². The maximum absolute atomic E-state index is 13.0. The summed E-state index contributed by atoms with van der Waals surface area (Å²) in [5.41, 5.74) is 10.7. The first-order valence-corrected chi connectivity index (χ1v) is 14.9. The lowest BCUT2D eigenvalue weighted by atomic mass is 10.0. The highest BCUT2D eigenvalue weighted by molar-refractivity contribution is 5.90. The van der Waals surface area contributed by atoms with Gasteiger partial charge in [-0.05, 0) is 31.6 Å². The third kappa shape index (κ3) is 20.7. The second kappa shape index (κ2) is 23.8. The summed E-state index contributed by atoms with van der Waals surface area (Å²) in [6, 6.07) is -1.52. The molecule has 0 bridgehead atoms. The van der Waals surface area contributed by atoms with Crippen LogP contribution in [0.1, 0.15) is 130 Å². The minimum Gasteiger partial charge on any atom is -0.467 e. The average Bonchev–Trinajstić information content (AvgIpc) is 2.87. The van der Waals surface area contributed by atoms with E-state index in [4.69, 9.17) is 16.2 Å². The molecule has 0 aromatic heterocycles. The average molecular weight is 540 g/mol. The molecule has 0 unspecified atom stereocenters. The van der Waals surface area contributed by atoms with E-state index < -0.39 is 18.1 Å². The minimum atomic E-state index is -0.825. The van der Waals surface area contributed by atoms with Gasteiger partial charge in [-0.3, -0.25) is 14.6 Å². The minimum absolute atomic E-state index is 0.0214. The molecule has 2 amide bonds. The van der Waals surface area contributed by atoms with Crippen molar-refractivity contribution in [3.05, 3.63) is 0 Å². The molecule has 0 aliphatic rings. The summed E-state index contributed by atoms with van der Waals surface area (Å²) in [4.78, 5) is 41.6. The number of esters is 1. The van der Waals surface area contributed by atoms with E-state index in [1.165, 1.54) is 71.3 Å². The Morgan fingerprint density at radius 1 is 0.763 bits per heavy atom. The Labute approximate surface area is 231 Å². The van der Waals surface area contributed by atoms with E-state index >= 15 is 0 Å². The van der Waals surface area contributed by atoms with Gasteiger partial charge in [0, 0.05) is 13.0 Å². The Balaban J connectivity index is 4.35. The molecule has 0 aromatic carbocycles. The summed E-state index contributed by atoms with van der Waals surface area (Å²) in [5, 5.41) is 5.62. The topological polar surface area (TPSA) is 149 Å². The van der Waals surface area contributed by atoms with E-state index in [0.29, 0.717) is 32.2 Å². The van der Waals surface area contributed by atoms with Gasteiger partial charge in [-0.1, -0.05) is 97.8 Å². The molecular weight excluding hydrogens is 482 g/mol. The molecule has 38 heavy (non-hydrogen) atoms. The highest BCUT2D eigenvalue weighted by Gasteiger charge is 2.27. The summed E-state index contributed by atoms with van der Waals surface area (Å²) >= 11 is 0. The van der Waals surface area contributed by atoms with Gasteiger partial charge in [0.2, 0.25) is 11.8 Å². The molecule has 0 fully saturated rings. The van der Waals surface area contributed by atoms with Crippen molar-refractivity contribution in [2.75, 3.05) is 13.7 Å². The van der Waals surface area contributed by atoms with Crippen molar-refractivity contribution in [3.63, 3.8) is 0 Å². The number of carbonyl (C=O) groups excluding carboxylic acids is 3. The quantitative estimate of drug-likeness (QED) is 0.0604. The van der Waals surface area contributed by atoms with Gasteiger partial charge in [-0.15, -0.1) is 0 Å². The number of amides is 2. The van der Waals surface area contributed by atoms with Crippen molar-refractivity contribution in [1.82, 2.24) is 10.6 Å². The predicted molar refractivity (Wildman–Crippen MR) is 156 cm³/mol. The van der Waals surface area contributed by atoms with Crippen molar-refractivity contribution >= 4 is 23.7 Å². The molecule has 9 heteroatoms. The summed E-state index contributed by atoms with van der Waals surface area (Å²) in [6.07, 6.45) is 18.0. The first-order chi connectivity index (χ1) is 18.2. The molecule has 0 aliphatic heterocycles. The number of ether oxygens (including phenoxy) is 1. The van der Waals surface area contributed by atoms with Gasteiger partial charge < -0.3 is 26.8 Å². The van der Waals surface area contributed by atoms with E-state index in [1.807, 2.05) is 13.8 Å². The number of methoxy groups -OCH3 is 1. The van der Waals surface area contributed by atoms with Crippen LogP contribution in [0.15, 0.2) is 4.99 Å². The Morgan fingerprint density at radius 2 is 1.29 bits per heavy atom. The summed E-state index contributed by atoms with van der Waals surface area (Å²) in [7, 11) is 1.28. The van der Waals surface area contributed by atoms with E-state index in [0.717, 1.165) is 19.3 Å². The summed E-state index contributed by atoms with van der Waals surface area (Å²) in [6.45, 7) is 6.58. The van der Waals surface area contributed by atoms with E-state index in [2.05, 4.69) is 22.5 Å². The predicted octanol–water partition coefficient (Wildman–Crippen LogP) is 4.71. The Kier molecular flexibility index (Phi) is 22.3. The standard InChI is InChI=1S/C29H57N5O4/c1-5-6-7-8-9-10-11-12-13-14-15-16-17-20-26(35)33-25(22-23(2)3)27(36)34-24(28(37)38-4)19-18-21-32-29(30)31/h23-25H,5-22H2,1-4H3,(H,33,35)(H,34,36)(H4,30,31,32)/t24-,25-/m0/s1.